The maximum Gasteiger partial charge on any atom is 0.191 e. The lowest BCUT2D eigenvalue weighted by Crippen LogP contribution is -2.72. The normalized spacial score (nSPS) is 33.2. The summed E-state index contributed by atoms with van der Waals surface area (Å²) >= 11 is 0. The highest BCUT2D eigenvalue weighted by Gasteiger charge is 2.66. The van der Waals surface area contributed by atoms with Crippen LogP contribution >= 0.6 is 0 Å². The van der Waals surface area contributed by atoms with Crippen molar-refractivity contribution in [3.63, 3.8) is 0 Å². The van der Waals surface area contributed by atoms with Crippen molar-refractivity contribution in [2.75, 3.05) is 20.2 Å². The van der Waals surface area contributed by atoms with Crippen LogP contribution in [0.15, 0.2) is 4.99 Å². The lowest BCUT2D eigenvalue weighted by molar-refractivity contribution is -0.171. The van der Waals surface area contributed by atoms with Gasteiger partial charge in [-0.15, -0.1) is 0 Å². The van der Waals surface area contributed by atoms with Gasteiger partial charge in [0.2, 0.25) is 0 Å². The zero-order valence-electron chi connectivity index (χ0n) is 13.7. The number of hydrogen-bond donors (Lipinski definition) is 2. The first kappa shape index (κ1) is 15.1. The number of guanidine groups is 1. The van der Waals surface area contributed by atoms with Gasteiger partial charge in [-0.1, -0.05) is 32.6 Å². The zero-order chi connectivity index (χ0) is 14.7. The van der Waals surface area contributed by atoms with Crippen molar-refractivity contribution >= 4 is 5.96 Å². The molecule has 3 rings (SSSR count). The number of ether oxygens (including phenoxy) is 1. The van der Waals surface area contributed by atoms with Gasteiger partial charge in [-0.05, 0) is 25.7 Å². The molecule has 1 heterocycles. The van der Waals surface area contributed by atoms with E-state index in [0.717, 1.165) is 19.1 Å². The Bertz CT molecular complexity index is 378. The molecule has 0 radical (unpaired) electrons. The van der Waals surface area contributed by atoms with E-state index < -0.39 is 0 Å². The van der Waals surface area contributed by atoms with Crippen LogP contribution < -0.4 is 10.6 Å². The van der Waals surface area contributed by atoms with Crippen LogP contribution in [0.2, 0.25) is 0 Å². The Kier molecular flexibility index (Phi) is 4.72. The highest BCUT2D eigenvalue weighted by Crippen LogP contribution is 2.62. The van der Waals surface area contributed by atoms with E-state index in [4.69, 9.17) is 4.74 Å². The van der Waals surface area contributed by atoms with Crippen LogP contribution in [0.4, 0.5) is 0 Å². The fourth-order valence-electron chi connectivity index (χ4n) is 4.56. The third-order valence-corrected chi connectivity index (χ3v) is 5.87. The first-order chi connectivity index (χ1) is 10.3. The van der Waals surface area contributed by atoms with Crippen LogP contribution in [0.3, 0.4) is 0 Å². The molecule has 1 aliphatic heterocycles. The molecule has 0 aromatic rings. The van der Waals surface area contributed by atoms with E-state index in [-0.39, 0.29) is 0 Å². The van der Waals surface area contributed by atoms with Crippen LogP contribution in [0.25, 0.3) is 0 Å². The summed E-state index contributed by atoms with van der Waals surface area (Å²) in [5.41, 5.74) is 0.432. The first-order valence-electron chi connectivity index (χ1n) is 8.90. The predicted octanol–water partition coefficient (Wildman–Crippen LogP) is 2.69. The second-order valence-electron chi connectivity index (χ2n) is 7.01. The van der Waals surface area contributed by atoms with Crippen molar-refractivity contribution in [2.24, 2.45) is 16.3 Å². The van der Waals surface area contributed by atoms with Crippen molar-refractivity contribution in [3.05, 3.63) is 0 Å². The molecule has 4 heteroatoms. The molecule has 0 bridgehead atoms. The smallest absolute Gasteiger partial charge is 0.191 e. The summed E-state index contributed by atoms with van der Waals surface area (Å²) in [6.45, 7) is 4.24. The molecule has 3 atom stereocenters. The highest BCUT2D eigenvalue weighted by atomic mass is 16.5. The van der Waals surface area contributed by atoms with Crippen molar-refractivity contribution in [2.45, 2.75) is 70.4 Å². The molecule has 0 amide bonds. The van der Waals surface area contributed by atoms with Crippen LogP contribution in [-0.4, -0.2) is 38.3 Å². The summed E-state index contributed by atoms with van der Waals surface area (Å²) < 4.78 is 5.98. The first-order valence-corrected chi connectivity index (χ1v) is 8.90. The topological polar surface area (TPSA) is 45.7 Å². The molecule has 3 unspecified atom stereocenters. The number of fused-ring (bicyclic) bond motifs is 2. The van der Waals surface area contributed by atoms with Crippen LogP contribution in [-0.2, 0) is 4.74 Å². The molecule has 3 aliphatic rings. The minimum absolute atomic E-state index is 0.432. The lowest BCUT2D eigenvalue weighted by Gasteiger charge is -2.63. The maximum absolute atomic E-state index is 5.98. The predicted molar refractivity (Wildman–Crippen MR) is 86.6 cm³/mol. The van der Waals surface area contributed by atoms with Crippen molar-refractivity contribution in [1.82, 2.24) is 10.6 Å². The van der Waals surface area contributed by atoms with Gasteiger partial charge in [0.15, 0.2) is 5.96 Å². The minimum atomic E-state index is 0.432. The van der Waals surface area contributed by atoms with Gasteiger partial charge < -0.3 is 15.4 Å². The molecule has 1 spiro atoms. The monoisotopic (exact) mass is 293 g/mol. The molecule has 0 aromatic carbocycles. The van der Waals surface area contributed by atoms with Gasteiger partial charge in [-0.25, -0.2) is 0 Å². The number of hydrogen-bond acceptors (Lipinski definition) is 2. The molecular weight excluding hydrogens is 262 g/mol. The summed E-state index contributed by atoms with van der Waals surface area (Å²) in [6, 6.07) is 0.584. The second-order valence-corrected chi connectivity index (χ2v) is 7.01. The number of nitrogens with one attached hydrogen (secondary N) is 2. The summed E-state index contributed by atoms with van der Waals surface area (Å²) in [5, 5.41) is 7.21. The van der Waals surface area contributed by atoms with E-state index in [1.165, 1.54) is 51.4 Å². The Morgan fingerprint density at radius 3 is 2.81 bits per heavy atom. The quantitative estimate of drug-likeness (QED) is 0.450. The standard InChI is InChI=1S/C17H31N3O/c1-3-4-5-6-11-19-16(18-2)20-14-13-8-12-21-15(13)17(14)9-7-10-17/h13-15H,3-12H2,1-2H3,(H2,18,19,20). The van der Waals surface area contributed by atoms with Gasteiger partial charge in [-0.2, -0.15) is 0 Å². The molecule has 21 heavy (non-hydrogen) atoms. The van der Waals surface area contributed by atoms with Crippen molar-refractivity contribution in [3.8, 4) is 0 Å². The molecule has 4 nitrogen and oxygen atoms in total. The van der Waals surface area contributed by atoms with E-state index in [1.807, 2.05) is 7.05 Å². The molecule has 120 valence electrons. The molecule has 3 fully saturated rings. The van der Waals surface area contributed by atoms with E-state index in [1.54, 1.807) is 0 Å². The van der Waals surface area contributed by atoms with Gasteiger partial charge in [-0.3, -0.25) is 4.99 Å². The van der Waals surface area contributed by atoms with Gasteiger partial charge in [0.25, 0.3) is 0 Å². The Labute approximate surface area is 129 Å². The number of rotatable bonds is 6. The molecule has 0 aromatic heterocycles. The maximum atomic E-state index is 5.98. The van der Waals surface area contributed by atoms with Crippen LogP contribution in [0.1, 0.15) is 58.3 Å². The molecule has 1 saturated heterocycles. The van der Waals surface area contributed by atoms with Crippen LogP contribution in [0, 0.1) is 11.3 Å². The highest BCUT2D eigenvalue weighted by molar-refractivity contribution is 5.80. The van der Waals surface area contributed by atoms with E-state index >= 15 is 0 Å². The van der Waals surface area contributed by atoms with Crippen molar-refractivity contribution in [1.29, 1.82) is 0 Å². The van der Waals surface area contributed by atoms with Gasteiger partial charge >= 0.3 is 0 Å². The molecule has 2 aliphatic carbocycles. The van der Waals surface area contributed by atoms with Gasteiger partial charge in [0.1, 0.15) is 0 Å². The molecule has 2 N–H and O–H groups in total. The Morgan fingerprint density at radius 2 is 2.14 bits per heavy atom. The molecule has 2 saturated carbocycles. The molecular formula is C17H31N3O. The third kappa shape index (κ3) is 2.67. The lowest BCUT2D eigenvalue weighted by atomic mass is 9.46. The number of aliphatic imine (C=N–C) groups is 1. The van der Waals surface area contributed by atoms with E-state index in [9.17, 15) is 0 Å². The van der Waals surface area contributed by atoms with Crippen LogP contribution in [0.5, 0.6) is 0 Å². The van der Waals surface area contributed by atoms with Crippen molar-refractivity contribution < 1.29 is 4.74 Å². The Morgan fingerprint density at radius 1 is 1.29 bits per heavy atom. The fraction of sp³-hybridized carbons (Fsp3) is 0.941. The zero-order valence-corrected chi connectivity index (χ0v) is 13.7. The fourth-order valence-corrected chi connectivity index (χ4v) is 4.56. The third-order valence-electron chi connectivity index (χ3n) is 5.87. The Hall–Kier alpha value is -0.770. The van der Waals surface area contributed by atoms with Gasteiger partial charge in [0, 0.05) is 37.6 Å². The SMILES string of the molecule is CCCCCCNC(=NC)NC1C2CCOC2C12CCC2. The summed E-state index contributed by atoms with van der Waals surface area (Å²) in [4.78, 5) is 4.42. The van der Waals surface area contributed by atoms with E-state index in [2.05, 4.69) is 22.5 Å². The average molecular weight is 293 g/mol. The number of nitrogens with zero attached hydrogens (tertiary/aromatic N) is 1. The number of unbranched alkanes of at least 4 members (excludes halogenated alkanes) is 3. The van der Waals surface area contributed by atoms with E-state index in [0.29, 0.717) is 23.5 Å². The summed E-state index contributed by atoms with van der Waals surface area (Å²) in [5.74, 6) is 1.71. The average Bonchev–Trinajstić information content (AvgIpc) is 2.85. The summed E-state index contributed by atoms with van der Waals surface area (Å²) in [6.07, 6.45) is 11.0. The Balaban J connectivity index is 1.48. The minimum Gasteiger partial charge on any atom is -0.377 e. The second kappa shape index (κ2) is 6.55. The van der Waals surface area contributed by atoms with Gasteiger partial charge in [0.05, 0.1) is 6.10 Å². The summed E-state index contributed by atoms with van der Waals surface area (Å²) in [7, 11) is 1.89. The largest absolute Gasteiger partial charge is 0.377 e.